The lowest BCUT2D eigenvalue weighted by molar-refractivity contribution is -0.122. The standard InChI is InChI=1S/C26H26N2O6S/c1-18-15-19-7-4-5-10-24(19)28(18)25(29)17-34-26(30)20-8-6-9-23(16-20)35(31,32)27(2)21-11-13-22(33-3)14-12-21/h4-14,16,18H,15,17H2,1-3H3/t18-/m1/s1. The zero-order valence-corrected chi connectivity index (χ0v) is 20.5. The average Bonchev–Trinajstić information content (AvgIpc) is 3.22. The van der Waals surface area contributed by atoms with E-state index in [0.717, 1.165) is 22.0 Å². The molecule has 0 unspecified atom stereocenters. The van der Waals surface area contributed by atoms with Gasteiger partial charge in [-0.25, -0.2) is 13.2 Å². The number of esters is 1. The highest BCUT2D eigenvalue weighted by molar-refractivity contribution is 7.92. The Morgan fingerprint density at radius 3 is 2.46 bits per heavy atom. The maximum atomic E-state index is 13.1. The summed E-state index contributed by atoms with van der Waals surface area (Å²) in [7, 11) is -0.991. The Hall–Kier alpha value is -3.85. The van der Waals surface area contributed by atoms with Gasteiger partial charge in [-0.1, -0.05) is 24.3 Å². The summed E-state index contributed by atoms with van der Waals surface area (Å²) in [5.74, 6) is -0.507. The minimum absolute atomic E-state index is 0.0388. The lowest BCUT2D eigenvalue weighted by Gasteiger charge is -2.22. The SMILES string of the molecule is COc1ccc(N(C)S(=O)(=O)c2cccc(C(=O)OCC(=O)N3c4ccccc4C[C@H]3C)c2)cc1. The van der Waals surface area contributed by atoms with E-state index < -0.39 is 22.6 Å². The van der Waals surface area contributed by atoms with Gasteiger partial charge in [-0.05, 0) is 67.4 Å². The lowest BCUT2D eigenvalue weighted by Crippen LogP contribution is -2.38. The number of hydrogen-bond donors (Lipinski definition) is 0. The molecule has 0 fully saturated rings. The molecule has 3 aromatic rings. The molecule has 1 amide bonds. The van der Waals surface area contributed by atoms with Crippen molar-refractivity contribution in [1.29, 1.82) is 0 Å². The fourth-order valence-electron chi connectivity index (χ4n) is 4.10. The number of amides is 1. The smallest absolute Gasteiger partial charge is 0.338 e. The first-order valence-electron chi connectivity index (χ1n) is 11.0. The number of rotatable bonds is 7. The molecule has 1 atom stereocenters. The molecule has 0 aliphatic carbocycles. The van der Waals surface area contributed by atoms with Gasteiger partial charge in [-0.15, -0.1) is 0 Å². The number of hydrogen-bond acceptors (Lipinski definition) is 6. The highest BCUT2D eigenvalue weighted by Gasteiger charge is 2.31. The van der Waals surface area contributed by atoms with Gasteiger partial charge >= 0.3 is 5.97 Å². The normalized spacial score (nSPS) is 14.8. The largest absolute Gasteiger partial charge is 0.497 e. The third-order valence-electron chi connectivity index (χ3n) is 5.97. The minimum atomic E-state index is -3.94. The summed E-state index contributed by atoms with van der Waals surface area (Å²) >= 11 is 0. The molecule has 0 saturated carbocycles. The molecular weight excluding hydrogens is 468 g/mol. The van der Waals surface area contributed by atoms with Crippen LogP contribution in [0.4, 0.5) is 11.4 Å². The van der Waals surface area contributed by atoms with Crippen LogP contribution in [-0.4, -0.2) is 47.1 Å². The predicted octanol–water partition coefficient (Wildman–Crippen LogP) is 3.65. The lowest BCUT2D eigenvalue weighted by atomic mass is 10.1. The second-order valence-electron chi connectivity index (χ2n) is 8.22. The van der Waals surface area contributed by atoms with E-state index in [1.165, 1.54) is 38.4 Å². The van der Waals surface area contributed by atoms with Crippen molar-refractivity contribution in [3.8, 4) is 5.75 Å². The van der Waals surface area contributed by atoms with Gasteiger partial charge in [0.25, 0.3) is 15.9 Å². The van der Waals surface area contributed by atoms with Crippen molar-refractivity contribution in [1.82, 2.24) is 0 Å². The van der Waals surface area contributed by atoms with Gasteiger partial charge in [0.05, 0.1) is 23.3 Å². The van der Waals surface area contributed by atoms with Crippen molar-refractivity contribution < 1.29 is 27.5 Å². The summed E-state index contributed by atoms with van der Waals surface area (Å²) in [6.45, 7) is 1.49. The molecule has 0 aromatic heterocycles. The van der Waals surface area contributed by atoms with Crippen molar-refractivity contribution in [2.24, 2.45) is 0 Å². The van der Waals surface area contributed by atoms with Gasteiger partial charge in [-0.2, -0.15) is 0 Å². The van der Waals surface area contributed by atoms with Crippen LogP contribution in [0.2, 0.25) is 0 Å². The Bertz CT molecular complexity index is 1350. The molecule has 1 heterocycles. The third kappa shape index (κ3) is 4.85. The molecular formula is C26H26N2O6S. The maximum Gasteiger partial charge on any atom is 0.338 e. The molecule has 3 aromatic carbocycles. The molecule has 0 saturated heterocycles. The first-order chi connectivity index (χ1) is 16.7. The topological polar surface area (TPSA) is 93.2 Å². The fraction of sp³-hybridized carbons (Fsp3) is 0.231. The number of benzene rings is 3. The van der Waals surface area contributed by atoms with Crippen LogP contribution in [-0.2, 0) is 26.0 Å². The summed E-state index contributed by atoms with van der Waals surface area (Å²) in [5.41, 5.74) is 2.36. The highest BCUT2D eigenvalue weighted by Crippen LogP contribution is 2.32. The van der Waals surface area contributed by atoms with Crippen molar-refractivity contribution in [3.63, 3.8) is 0 Å². The Labute approximate surface area is 204 Å². The summed E-state index contributed by atoms with van der Waals surface area (Å²) in [6, 6.07) is 19.7. The summed E-state index contributed by atoms with van der Waals surface area (Å²) in [4.78, 5) is 27.0. The molecule has 0 N–H and O–H groups in total. The van der Waals surface area contributed by atoms with Gasteiger partial charge in [0.1, 0.15) is 5.75 Å². The molecule has 0 bridgehead atoms. The second-order valence-corrected chi connectivity index (χ2v) is 10.2. The molecule has 8 nitrogen and oxygen atoms in total. The van der Waals surface area contributed by atoms with Gasteiger partial charge in [0.2, 0.25) is 0 Å². The molecule has 35 heavy (non-hydrogen) atoms. The van der Waals surface area contributed by atoms with E-state index in [2.05, 4.69) is 0 Å². The maximum absolute atomic E-state index is 13.1. The van der Waals surface area contributed by atoms with Gasteiger partial charge < -0.3 is 14.4 Å². The van der Waals surface area contributed by atoms with Crippen LogP contribution in [0.1, 0.15) is 22.8 Å². The van der Waals surface area contributed by atoms with E-state index in [1.54, 1.807) is 29.2 Å². The number of sulfonamides is 1. The van der Waals surface area contributed by atoms with Gasteiger partial charge in [0.15, 0.2) is 6.61 Å². The molecule has 1 aliphatic heterocycles. The van der Waals surface area contributed by atoms with Gasteiger partial charge in [0, 0.05) is 18.8 Å². The van der Waals surface area contributed by atoms with E-state index in [1.807, 2.05) is 31.2 Å². The molecule has 0 radical (unpaired) electrons. The van der Waals surface area contributed by atoms with Gasteiger partial charge in [-0.3, -0.25) is 9.10 Å². The highest BCUT2D eigenvalue weighted by atomic mass is 32.2. The van der Waals surface area contributed by atoms with Crippen molar-refractivity contribution in [2.75, 3.05) is 30.0 Å². The summed E-state index contributed by atoms with van der Waals surface area (Å²) < 4.78 is 37.8. The number of nitrogens with zero attached hydrogens (tertiary/aromatic N) is 2. The predicted molar refractivity (Wildman–Crippen MR) is 132 cm³/mol. The molecule has 0 spiro atoms. The number of carbonyl (C=O) groups excluding carboxylic acids is 2. The first-order valence-corrected chi connectivity index (χ1v) is 12.5. The number of carbonyl (C=O) groups is 2. The second kappa shape index (κ2) is 9.79. The van der Waals surface area contributed by atoms with Crippen molar-refractivity contribution in [2.45, 2.75) is 24.3 Å². The molecule has 4 rings (SSSR count). The van der Waals surface area contributed by atoms with E-state index in [9.17, 15) is 18.0 Å². The zero-order valence-electron chi connectivity index (χ0n) is 19.7. The number of anilines is 2. The first kappa shape index (κ1) is 24.3. The zero-order chi connectivity index (χ0) is 25.2. The summed E-state index contributed by atoms with van der Waals surface area (Å²) in [5, 5.41) is 0. The Morgan fingerprint density at radius 2 is 1.74 bits per heavy atom. The quantitative estimate of drug-likeness (QED) is 0.466. The molecule has 9 heteroatoms. The fourth-order valence-corrected chi connectivity index (χ4v) is 5.34. The van der Waals surface area contributed by atoms with Crippen LogP contribution in [0, 0.1) is 0 Å². The number of methoxy groups -OCH3 is 1. The van der Waals surface area contributed by atoms with Crippen LogP contribution < -0.4 is 13.9 Å². The monoisotopic (exact) mass is 494 g/mol. The van der Waals surface area contributed by atoms with Crippen LogP contribution in [0.3, 0.4) is 0 Å². The Kier molecular flexibility index (Phi) is 6.79. The van der Waals surface area contributed by atoms with Crippen LogP contribution in [0.15, 0.2) is 77.7 Å². The van der Waals surface area contributed by atoms with Crippen molar-refractivity contribution >= 4 is 33.3 Å². The third-order valence-corrected chi connectivity index (χ3v) is 7.75. The van der Waals surface area contributed by atoms with E-state index in [4.69, 9.17) is 9.47 Å². The molecule has 1 aliphatic rings. The number of ether oxygens (including phenoxy) is 2. The molecule has 182 valence electrons. The van der Waals surface area contributed by atoms with E-state index in [-0.39, 0.29) is 22.4 Å². The van der Waals surface area contributed by atoms with Crippen LogP contribution in [0.25, 0.3) is 0 Å². The minimum Gasteiger partial charge on any atom is -0.497 e. The van der Waals surface area contributed by atoms with E-state index in [0.29, 0.717) is 11.4 Å². The van der Waals surface area contributed by atoms with Crippen molar-refractivity contribution in [3.05, 3.63) is 83.9 Å². The number of para-hydroxylation sites is 1. The van der Waals surface area contributed by atoms with Crippen LogP contribution >= 0.6 is 0 Å². The Morgan fingerprint density at radius 1 is 1.03 bits per heavy atom. The van der Waals surface area contributed by atoms with E-state index >= 15 is 0 Å². The number of fused-ring (bicyclic) bond motifs is 1. The Balaban J connectivity index is 1.46. The summed E-state index contributed by atoms with van der Waals surface area (Å²) in [6.07, 6.45) is 0.734. The average molecular weight is 495 g/mol. The van der Waals surface area contributed by atoms with Crippen LogP contribution in [0.5, 0.6) is 5.75 Å².